The third kappa shape index (κ3) is 2.53. The molecule has 2 N–H and O–H groups in total. The highest BCUT2D eigenvalue weighted by Gasteiger charge is 2.30. The number of carbonyl (C=O) groups is 1. The van der Waals surface area contributed by atoms with E-state index in [1.54, 1.807) is 24.3 Å². The number of benzene rings is 1. The smallest absolute Gasteiger partial charge is 0.263 e. The van der Waals surface area contributed by atoms with Gasteiger partial charge in [-0.25, -0.2) is 8.42 Å². The van der Waals surface area contributed by atoms with Crippen molar-refractivity contribution in [3.05, 3.63) is 29.8 Å². The molecular formula is C13H15N3O3S. The summed E-state index contributed by atoms with van der Waals surface area (Å²) in [6.07, 6.45) is 1.93. The van der Waals surface area contributed by atoms with Crippen LogP contribution < -0.4 is 10.0 Å². The predicted octanol–water partition coefficient (Wildman–Crippen LogP) is 0.251. The highest BCUT2D eigenvalue weighted by atomic mass is 32.2. The molecule has 0 unspecified atom stereocenters. The number of amidine groups is 1. The number of nitrogens with one attached hydrogen (secondary N) is 2. The number of rotatable bonds is 4. The second-order valence-corrected chi connectivity index (χ2v) is 6.55. The Hall–Kier alpha value is -1.89. The van der Waals surface area contributed by atoms with E-state index in [4.69, 9.17) is 0 Å². The van der Waals surface area contributed by atoms with Crippen LogP contribution in [0.2, 0.25) is 0 Å². The lowest BCUT2D eigenvalue weighted by molar-refractivity contribution is -0.122. The summed E-state index contributed by atoms with van der Waals surface area (Å²) in [6, 6.07) is 6.71. The SMILES string of the molecule is O=C(NCCN=C1NS(=O)(=O)c2ccccc21)C1CC1. The third-order valence-corrected chi connectivity index (χ3v) is 4.69. The van der Waals surface area contributed by atoms with Crippen LogP contribution in [0.25, 0.3) is 0 Å². The van der Waals surface area contributed by atoms with Gasteiger partial charge in [0.05, 0.1) is 11.4 Å². The summed E-state index contributed by atoms with van der Waals surface area (Å²) in [5.41, 5.74) is 0.584. The van der Waals surface area contributed by atoms with Crippen molar-refractivity contribution in [1.29, 1.82) is 0 Å². The van der Waals surface area contributed by atoms with Gasteiger partial charge < -0.3 is 5.32 Å². The standard InChI is InChI=1S/C13H15N3O3S/c17-13(9-5-6-9)15-8-7-14-12-10-3-1-2-4-11(10)20(18,19)16-12/h1-4,9H,5-8H2,(H,14,16)(H,15,17). The van der Waals surface area contributed by atoms with E-state index in [1.165, 1.54) is 0 Å². The number of aliphatic imine (C=N–C) groups is 1. The Morgan fingerprint density at radius 3 is 2.85 bits per heavy atom. The van der Waals surface area contributed by atoms with Crippen LogP contribution in [-0.2, 0) is 14.8 Å². The molecule has 20 heavy (non-hydrogen) atoms. The summed E-state index contributed by atoms with van der Waals surface area (Å²) in [4.78, 5) is 15.9. The van der Waals surface area contributed by atoms with Crippen molar-refractivity contribution in [2.24, 2.45) is 10.9 Å². The molecule has 0 bridgehead atoms. The first-order valence-corrected chi connectivity index (χ1v) is 8.00. The van der Waals surface area contributed by atoms with Crippen molar-refractivity contribution < 1.29 is 13.2 Å². The number of hydrogen-bond donors (Lipinski definition) is 2. The molecular weight excluding hydrogens is 278 g/mol. The molecule has 7 heteroatoms. The molecule has 1 aliphatic heterocycles. The minimum Gasteiger partial charge on any atom is -0.354 e. The fourth-order valence-corrected chi connectivity index (χ4v) is 3.34. The maximum atomic E-state index is 11.8. The predicted molar refractivity (Wildman–Crippen MR) is 73.9 cm³/mol. The Balaban J connectivity index is 1.66. The van der Waals surface area contributed by atoms with Crippen LogP contribution >= 0.6 is 0 Å². The minimum absolute atomic E-state index is 0.0672. The number of amides is 1. The van der Waals surface area contributed by atoms with E-state index < -0.39 is 10.0 Å². The van der Waals surface area contributed by atoms with E-state index in [9.17, 15) is 13.2 Å². The highest BCUT2D eigenvalue weighted by Crippen LogP contribution is 2.28. The number of hydrogen-bond acceptors (Lipinski definition) is 4. The van der Waals surface area contributed by atoms with E-state index in [-0.39, 0.29) is 16.7 Å². The second kappa shape index (κ2) is 4.90. The van der Waals surface area contributed by atoms with Gasteiger partial charge in [-0.1, -0.05) is 12.1 Å². The van der Waals surface area contributed by atoms with Gasteiger partial charge in [0.15, 0.2) is 0 Å². The fourth-order valence-electron chi connectivity index (χ4n) is 2.09. The Bertz CT molecular complexity index is 678. The molecule has 106 valence electrons. The molecule has 1 amide bonds. The van der Waals surface area contributed by atoms with Crippen molar-refractivity contribution in [1.82, 2.24) is 10.0 Å². The third-order valence-electron chi connectivity index (χ3n) is 3.29. The molecule has 0 aromatic heterocycles. The van der Waals surface area contributed by atoms with Crippen LogP contribution in [0.15, 0.2) is 34.2 Å². The molecule has 1 fully saturated rings. The van der Waals surface area contributed by atoms with Gasteiger partial charge >= 0.3 is 0 Å². The second-order valence-electron chi connectivity index (χ2n) is 4.90. The average Bonchev–Trinajstić information content (AvgIpc) is 3.23. The average molecular weight is 293 g/mol. The molecule has 1 aromatic rings. The molecule has 0 spiro atoms. The monoisotopic (exact) mass is 293 g/mol. The van der Waals surface area contributed by atoms with Gasteiger partial charge in [0, 0.05) is 18.0 Å². The lowest BCUT2D eigenvalue weighted by Gasteiger charge is -2.02. The van der Waals surface area contributed by atoms with E-state index in [0.29, 0.717) is 24.5 Å². The van der Waals surface area contributed by atoms with Gasteiger partial charge in [-0.2, -0.15) is 0 Å². The Morgan fingerprint density at radius 2 is 2.10 bits per heavy atom. The Labute approximate surface area is 117 Å². The van der Waals surface area contributed by atoms with Gasteiger partial charge in [-0.3, -0.25) is 14.5 Å². The van der Waals surface area contributed by atoms with Crippen molar-refractivity contribution in [3.8, 4) is 0 Å². The summed E-state index contributed by atoms with van der Waals surface area (Å²) in [6.45, 7) is 0.771. The summed E-state index contributed by atoms with van der Waals surface area (Å²) in [5.74, 6) is 0.590. The molecule has 1 aromatic carbocycles. The van der Waals surface area contributed by atoms with Crippen LogP contribution in [-0.4, -0.2) is 33.3 Å². The van der Waals surface area contributed by atoms with Crippen molar-refractivity contribution in [2.45, 2.75) is 17.7 Å². The van der Waals surface area contributed by atoms with Gasteiger partial charge in [0.25, 0.3) is 10.0 Å². The minimum atomic E-state index is -3.48. The summed E-state index contributed by atoms with van der Waals surface area (Å²) < 4.78 is 26.1. The number of fused-ring (bicyclic) bond motifs is 1. The van der Waals surface area contributed by atoms with Crippen LogP contribution in [0.4, 0.5) is 0 Å². The summed E-state index contributed by atoms with van der Waals surface area (Å²) in [5, 5.41) is 2.79. The molecule has 1 saturated carbocycles. The lowest BCUT2D eigenvalue weighted by atomic mass is 10.2. The van der Waals surface area contributed by atoms with Crippen LogP contribution in [0, 0.1) is 5.92 Å². The molecule has 3 rings (SSSR count). The number of nitrogens with zero attached hydrogens (tertiary/aromatic N) is 1. The Kier molecular flexibility index (Phi) is 3.21. The summed E-state index contributed by atoms with van der Waals surface area (Å²) in [7, 11) is -3.48. The quantitative estimate of drug-likeness (QED) is 0.780. The molecule has 1 heterocycles. The maximum Gasteiger partial charge on any atom is 0.263 e. The maximum absolute atomic E-state index is 11.8. The number of carbonyl (C=O) groups excluding carboxylic acids is 1. The van der Waals surface area contributed by atoms with Crippen LogP contribution in [0.5, 0.6) is 0 Å². The van der Waals surface area contributed by atoms with Crippen LogP contribution in [0.3, 0.4) is 0 Å². The first kappa shape index (κ1) is 13.1. The van der Waals surface area contributed by atoms with E-state index in [2.05, 4.69) is 15.0 Å². The normalized spacial score (nSPS) is 21.3. The lowest BCUT2D eigenvalue weighted by Crippen LogP contribution is -2.28. The zero-order chi connectivity index (χ0) is 14.2. The zero-order valence-electron chi connectivity index (χ0n) is 10.8. The Morgan fingerprint density at radius 1 is 1.35 bits per heavy atom. The van der Waals surface area contributed by atoms with Gasteiger partial charge in [-0.15, -0.1) is 0 Å². The fraction of sp³-hybridized carbons (Fsp3) is 0.385. The molecule has 0 radical (unpaired) electrons. The van der Waals surface area contributed by atoms with E-state index in [1.807, 2.05) is 0 Å². The van der Waals surface area contributed by atoms with Crippen molar-refractivity contribution in [3.63, 3.8) is 0 Å². The van der Waals surface area contributed by atoms with Crippen molar-refractivity contribution in [2.75, 3.05) is 13.1 Å². The molecule has 2 aliphatic rings. The van der Waals surface area contributed by atoms with Gasteiger partial charge in [-0.05, 0) is 25.0 Å². The first-order valence-electron chi connectivity index (χ1n) is 6.52. The van der Waals surface area contributed by atoms with E-state index in [0.717, 1.165) is 12.8 Å². The van der Waals surface area contributed by atoms with E-state index >= 15 is 0 Å². The van der Waals surface area contributed by atoms with Gasteiger partial charge in [0.2, 0.25) is 5.91 Å². The van der Waals surface area contributed by atoms with Crippen LogP contribution in [0.1, 0.15) is 18.4 Å². The molecule has 1 aliphatic carbocycles. The largest absolute Gasteiger partial charge is 0.354 e. The van der Waals surface area contributed by atoms with Crippen molar-refractivity contribution >= 4 is 21.8 Å². The summed E-state index contributed by atoms with van der Waals surface area (Å²) >= 11 is 0. The highest BCUT2D eigenvalue weighted by molar-refractivity contribution is 7.90. The molecule has 0 atom stereocenters. The number of sulfonamides is 1. The zero-order valence-corrected chi connectivity index (χ0v) is 11.6. The topological polar surface area (TPSA) is 87.6 Å². The van der Waals surface area contributed by atoms with Gasteiger partial charge in [0.1, 0.15) is 5.84 Å². The molecule has 0 saturated heterocycles. The molecule has 6 nitrogen and oxygen atoms in total. The first-order chi connectivity index (χ1) is 9.58.